The van der Waals surface area contributed by atoms with E-state index >= 15 is 0 Å². The minimum Gasteiger partial charge on any atom is -0.459 e. The molecule has 1 atom stereocenters. The number of ether oxygens (including phenoxy) is 1. The van der Waals surface area contributed by atoms with Crippen LogP contribution in [0.1, 0.15) is 40.1 Å². The predicted octanol–water partition coefficient (Wildman–Crippen LogP) is 4.27. The summed E-state index contributed by atoms with van der Waals surface area (Å²) >= 11 is 0. The van der Waals surface area contributed by atoms with Gasteiger partial charge in [0, 0.05) is 18.8 Å². The summed E-state index contributed by atoms with van der Waals surface area (Å²) in [7, 11) is 0. The Labute approximate surface area is 188 Å². The summed E-state index contributed by atoms with van der Waals surface area (Å²) in [4.78, 5) is 27.1. The van der Waals surface area contributed by atoms with Crippen LogP contribution in [0.25, 0.3) is 0 Å². The smallest absolute Gasteiger partial charge is 0.294 e. The molecule has 2 aromatic carbocycles. The van der Waals surface area contributed by atoms with Gasteiger partial charge in [0.25, 0.3) is 5.91 Å². The molecule has 2 amide bonds. The highest BCUT2D eigenvalue weighted by molar-refractivity contribution is 6.04. The van der Waals surface area contributed by atoms with Gasteiger partial charge in [-0.15, -0.1) is 0 Å². The summed E-state index contributed by atoms with van der Waals surface area (Å²) < 4.78 is 10.9. The third-order valence-electron chi connectivity index (χ3n) is 5.60. The molecule has 1 N–H and O–H groups in total. The molecule has 1 unspecified atom stereocenters. The number of amides is 2. The van der Waals surface area contributed by atoms with Crippen molar-refractivity contribution in [3.8, 4) is 0 Å². The highest BCUT2D eigenvalue weighted by Crippen LogP contribution is 2.22. The number of carbonyl (C=O) groups excluding carboxylic acids is 2. The SMILES string of the molecule is Cc1ccc(CN(C(=O)c2ccco2)c2ccc(CC(=O)NCC3CCCO3)cc2)cc1. The van der Waals surface area contributed by atoms with Crippen LogP contribution < -0.4 is 10.2 Å². The second-order valence-corrected chi connectivity index (χ2v) is 8.14. The van der Waals surface area contributed by atoms with E-state index < -0.39 is 0 Å². The van der Waals surface area contributed by atoms with E-state index in [-0.39, 0.29) is 30.1 Å². The number of furan rings is 1. The Balaban J connectivity index is 1.45. The van der Waals surface area contributed by atoms with E-state index in [0.717, 1.165) is 36.3 Å². The third-order valence-corrected chi connectivity index (χ3v) is 5.60. The lowest BCUT2D eigenvalue weighted by molar-refractivity contribution is -0.120. The molecule has 6 heteroatoms. The van der Waals surface area contributed by atoms with Crippen LogP contribution in [0.3, 0.4) is 0 Å². The number of nitrogens with zero attached hydrogens (tertiary/aromatic N) is 1. The second kappa shape index (κ2) is 10.3. The standard InChI is InChI=1S/C26H28N2O4/c1-19-6-8-21(9-7-19)18-28(26(30)24-5-3-15-32-24)22-12-10-20(11-13-22)16-25(29)27-17-23-4-2-14-31-23/h3,5-13,15,23H,2,4,14,16-18H2,1H3,(H,27,29). The number of carbonyl (C=O) groups is 2. The fourth-order valence-corrected chi connectivity index (χ4v) is 3.76. The van der Waals surface area contributed by atoms with Crippen molar-refractivity contribution in [2.45, 2.75) is 38.8 Å². The molecule has 1 aliphatic rings. The van der Waals surface area contributed by atoms with Crippen molar-refractivity contribution in [3.63, 3.8) is 0 Å². The fourth-order valence-electron chi connectivity index (χ4n) is 3.76. The topological polar surface area (TPSA) is 71.8 Å². The molecular formula is C26H28N2O4. The first-order valence-electron chi connectivity index (χ1n) is 11.0. The molecule has 1 aromatic heterocycles. The Morgan fingerprint density at radius 1 is 1.03 bits per heavy atom. The molecule has 1 aliphatic heterocycles. The quantitative estimate of drug-likeness (QED) is 0.577. The number of nitrogens with one attached hydrogen (secondary N) is 1. The van der Waals surface area contributed by atoms with Crippen LogP contribution in [0.2, 0.25) is 0 Å². The molecule has 32 heavy (non-hydrogen) atoms. The molecule has 4 rings (SSSR count). The van der Waals surface area contributed by atoms with Crippen molar-refractivity contribution in [1.82, 2.24) is 5.32 Å². The summed E-state index contributed by atoms with van der Waals surface area (Å²) in [5, 5.41) is 2.94. The predicted molar refractivity (Wildman–Crippen MR) is 123 cm³/mol. The van der Waals surface area contributed by atoms with E-state index in [9.17, 15) is 9.59 Å². The van der Waals surface area contributed by atoms with Gasteiger partial charge in [0.2, 0.25) is 5.91 Å². The summed E-state index contributed by atoms with van der Waals surface area (Å²) in [5.41, 5.74) is 3.82. The van der Waals surface area contributed by atoms with Crippen molar-refractivity contribution in [3.05, 3.63) is 89.4 Å². The zero-order valence-electron chi connectivity index (χ0n) is 18.3. The number of benzene rings is 2. The van der Waals surface area contributed by atoms with Gasteiger partial charge in [0.1, 0.15) is 0 Å². The lowest BCUT2D eigenvalue weighted by Crippen LogP contribution is -2.32. The maximum Gasteiger partial charge on any atom is 0.294 e. The van der Waals surface area contributed by atoms with Gasteiger partial charge < -0.3 is 19.4 Å². The van der Waals surface area contributed by atoms with Crippen molar-refractivity contribution in [2.75, 3.05) is 18.1 Å². The normalized spacial score (nSPS) is 15.5. The second-order valence-electron chi connectivity index (χ2n) is 8.14. The molecular weight excluding hydrogens is 404 g/mol. The number of anilines is 1. The Hall–Kier alpha value is -3.38. The molecule has 0 saturated carbocycles. The van der Waals surface area contributed by atoms with Gasteiger partial charge in [-0.2, -0.15) is 0 Å². The fraction of sp³-hybridized carbons (Fsp3) is 0.308. The molecule has 166 valence electrons. The van der Waals surface area contributed by atoms with Crippen LogP contribution in [0.15, 0.2) is 71.3 Å². The average molecular weight is 433 g/mol. The van der Waals surface area contributed by atoms with Crippen molar-refractivity contribution < 1.29 is 18.7 Å². The maximum absolute atomic E-state index is 13.1. The van der Waals surface area contributed by atoms with Crippen LogP contribution in [0.5, 0.6) is 0 Å². The number of hydrogen-bond donors (Lipinski definition) is 1. The van der Waals surface area contributed by atoms with E-state index in [1.165, 1.54) is 11.8 Å². The lowest BCUT2D eigenvalue weighted by atomic mass is 10.1. The largest absolute Gasteiger partial charge is 0.459 e. The van der Waals surface area contributed by atoms with E-state index in [0.29, 0.717) is 13.1 Å². The van der Waals surface area contributed by atoms with Gasteiger partial charge in [0.05, 0.1) is 25.3 Å². The first-order chi connectivity index (χ1) is 15.6. The maximum atomic E-state index is 13.1. The first-order valence-corrected chi connectivity index (χ1v) is 11.0. The van der Waals surface area contributed by atoms with Crippen molar-refractivity contribution >= 4 is 17.5 Å². The summed E-state index contributed by atoms with van der Waals surface area (Å²) in [6, 6.07) is 19.0. The van der Waals surface area contributed by atoms with Gasteiger partial charge in [0.15, 0.2) is 5.76 Å². The molecule has 3 aromatic rings. The number of hydrogen-bond acceptors (Lipinski definition) is 4. The van der Waals surface area contributed by atoms with Gasteiger partial charge in [-0.3, -0.25) is 9.59 Å². The average Bonchev–Trinajstić information content (AvgIpc) is 3.52. The lowest BCUT2D eigenvalue weighted by Gasteiger charge is -2.22. The molecule has 2 heterocycles. The monoisotopic (exact) mass is 432 g/mol. The molecule has 0 spiro atoms. The minimum absolute atomic E-state index is 0.0311. The van der Waals surface area contributed by atoms with Gasteiger partial charge >= 0.3 is 0 Å². The molecule has 0 radical (unpaired) electrons. The molecule has 0 aliphatic carbocycles. The highest BCUT2D eigenvalue weighted by Gasteiger charge is 2.21. The van der Waals surface area contributed by atoms with Crippen molar-refractivity contribution in [2.24, 2.45) is 0 Å². The zero-order chi connectivity index (χ0) is 22.3. The number of rotatable bonds is 8. The molecule has 0 bridgehead atoms. The van der Waals surface area contributed by atoms with E-state index in [4.69, 9.17) is 9.15 Å². The number of aryl methyl sites for hydroxylation is 1. The van der Waals surface area contributed by atoms with Crippen LogP contribution >= 0.6 is 0 Å². The summed E-state index contributed by atoms with van der Waals surface area (Å²) in [6.45, 7) is 3.78. The third kappa shape index (κ3) is 5.65. The zero-order valence-corrected chi connectivity index (χ0v) is 18.3. The minimum atomic E-state index is -0.211. The molecule has 6 nitrogen and oxygen atoms in total. The molecule has 1 saturated heterocycles. The Morgan fingerprint density at radius 3 is 2.44 bits per heavy atom. The Morgan fingerprint density at radius 2 is 1.78 bits per heavy atom. The van der Waals surface area contributed by atoms with Gasteiger partial charge in [-0.1, -0.05) is 42.0 Å². The van der Waals surface area contributed by atoms with Crippen LogP contribution in [-0.4, -0.2) is 31.1 Å². The van der Waals surface area contributed by atoms with E-state index in [1.807, 2.05) is 55.5 Å². The Kier molecular flexibility index (Phi) is 7.02. The highest BCUT2D eigenvalue weighted by atomic mass is 16.5. The van der Waals surface area contributed by atoms with E-state index in [1.54, 1.807) is 17.0 Å². The Bertz CT molecular complexity index is 1020. The van der Waals surface area contributed by atoms with Crippen LogP contribution in [0.4, 0.5) is 5.69 Å². The molecule has 1 fully saturated rings. The first kappa shape index (κ1) is 21.8. The van der Waals surface area contributed by atoms with Gasteiger partial charge in [-0.05, 0) is 55.2 Å². The van der Waals surface area contributed by atoms with Crippen LogP contribution in [0, 0.1) is 6.92 Å². The van der Waals surface area contributed by atoms with Crippen LogP contribution in [-0.2, 0) is 22.5 Å². The summed E-state index contributed by atoms with van der Waals surface area (Å²) in [5.74, 6) is 0.0451. The summed E-state index contributed by atoms with van der Waals surface area (Å²) in [6.07, 6.45) is 3.96. The van der Waals surface area contributed by atoms with Crippen molar-refractivity contribution in [1.29, 1.82) is 0 Å². The van der Waals surface area contributed by atoms with Gasteiger partial charge in [-0.25, -0.2) is 0 Å². The van der Waals surface area contributed by atoms with E-state index in [2.05, 4.69) is 5.32 Å².